The van der Waals surface area contributed by atoms with Gasteiger partial charge in [0, 0.05) is 37.6 Å². The Balaban J connectivity index is 2.15. The molecule has 2 rings (SSSR count). The summed E-state index contributed by atoms with van der Waals surface area (Å²) in [7, 11) is 0.570. The number of H-pyrrole nitrogens is 1. The average molecular weight is 314 g/mol. The van der Waals surface area contributed by atoms with Gasteiger partial charge in [-0.3, -0.25) is 0 Å². The van der Waals surface area contributed by atoms with Crippen LogP contribution in [-0.2, 0) is 16.6 Å². The number of sulfonamides is 1. The second-order valence-electron chi connectivity index (χ2n) is 5.82. The van der Waals surface area contributed by atoms with Crippen LogP contribution in [-0.4, -0.2) is 62.4 Å². The summed E-state index contributed by atoms with van der Waals surface area (Å²) in [6, 6.07) is 1.82. The third-order valence-electron chi connectivity index (χ3n) is 3.79. The van der Waals surface area contributed by atoms with E-state index in [1.165, 1.54) is 0 Å². The lowest BCUT2D eigenvalue weighted by Gasteiger charge is -2.26. The van der Waals surface area contributed by atoms with Gasteiger partial charge in [-0.05, 0) is 39.5 Å². The summed E-state index contributed by atoms with van der Waals surface area (Å²) < 4.78 is 27.2. The van der Waals surface area contributed by atoms with Crippen molar-refractivity contribution >= 4 is 10.0 Å². The van der Waals surface area contributed by atoms with E-state index >= 15 is 0 Å². The molecule has 2 N–H and O–H groups in total. The second kappa shape index (κ2) is 6.91. The highest BCUT2D eigenvalue weighted by molar-refractivity contribution is 7.89. The van der Waals surface area contributed by atoms with Crippen molar-refractivity contribution in [1.29, 1.82) is 0 Å². The zero-order valence-electron chi connectivity index (χ0n) is 13.1. The quantitative estimate of drug-likeness (QED) is 0.782. The third kappa shape index (κ3) is 3.85. The largest absolute Gasteiger partial charge is 0.363 e. The standard InChI is InChI=1S/C14H26N4O2S/c1-4-15-9-12-8-14(10-16-12)21(19,20)18-7-5-6-13(18)11-17(2)3/h8,10,13,15-16H,4-7,9,11H2,1-3H3. The number of hydrogen-bond donors (Lipinski definition) is 2. The minimum atomic E-state index is -3.39. The van der Waals surface area contributed by atoms with Crippen LogP contribution < -0.4 is 5.32 Å². The van der Waals surface area contributed by atoms with Crippen molar-refractivity contribution in [3.63, 3.8) is 0 Å². The van der Waals surface area contributed by atoms with Gasteiger partial charge in [0.25, 0.3) is 0 Å². The first-order valence-electron chi connectivity index (χ1n) is 7.49. The summed E-state index contributed by atoms with van der Waals surface area (Å²) in [6.07, 6.45) is 3.48. The number of aromatic amines is 1. The SMILES string of the molecule is CCNCc1cc(S(=O)(=O)N2CCCC2CN(C)C)c[nH]1. The molecule has 1 atom stereocenters. The number of rotatable bonds is 7. The molecule has 6 nitrogen and oxygen atoms in total. The molecule has 1 fully saturated rings. The fourth-order valence-corrected chi connectivity index (χ4v) is 4.50. The van der Waals surface area contributed by atoms with E-state index in [9.17, 15) is 8.42 Å². The predicted octanol–water partition coefficient (Wildman–Crippen LogP) is 0.839. The lowest BCUT2D eigenvalue weighted by atomic mass is 10.2. The molecule has 0 amide bonds. The van der Waals surface area contributed by atoms with Crippen molar-refractivity contribution in [2.24, 2.45) is 0 Å². The van der Waals surface area contributed by atoms with Gasteiger partial charge in [-0.25, -0.2) is 8.42 Å². The molecule has 1 aliphatic rings. The van der Waals surface area contributed by atoms with Crippen LogP contribution in [0, 0.1) is 0 Å². The van der Waals surface area contributed by atoms with Crippen LogP contribution in [0.2, 0.25) is 0 Å². The molecular formula is C14H26N4O2S. The Morgan fingerprint density at radius 3 is 2.90 bits per heavy atom. The van der Waals surface area contributed by atoms with E-state index in [-0.39, 0.29) is 6.04 Å². The molecule has 1 aliphatic heterocycles. The van der Waals surface area contributed by atoms with Gasteiger partial charge in [-0.15, -0.1) is 0 Å². The van der Waals surface area contributed by atoms with Crippen molar-refractivity contribution in [2.75, 3.05) is 33.7 Å². The van der Waals surface area contributed by atoms with E-state index in [0.29, 0.717) is 18.0 Å². The molecule has 21 heavy (non-hydrogen) atoms. The molecule has 0 aliphatic carbocycles. The van der Waals surface area contributed by atoms with Crippen molar-refractivity contribution in [1.82, 2.24) is 19.5 Å². The zero-order chi connectivity index (χ0) is 15.5. The normalized spacial score (nSPS) is 20.5. The van der Waals surface area contributed by atoms with Crippen LogP contribution in [0.15, 0.2) is 17.2 Å². The minimum Gasteiger partial charge on any atom is -0.363 e. The Labute approximate surface area is 127 Å². The molecule has 0 bridgehead atoms. The lowest BCUT2D eigenvalue weighted by Crippen LogP contribution is -2.41. The highest BCUT2D eigenvalue weighted by Crippen LogP contribution is 2.26. The highest BCUT2D eigenvalue weighted by atomic mass is 32.2. The third-order valence-corrected chi connectivity index (χ3v) is 5.72. The molecule has 0 radical (unpaired) electrons. The molecule has 0 saturated carbocycles. The molecule has 1 aromatic heterocycles. The van der Waals surface area contributed by atoms with Gasteiger partial charge in [0.05, 0.1) is 4.90 Å². The summed E-state index contributed by atoms with van der Waals surface area (Å²) in [4.78, 5) is 5.47. The van der Waals surface area contributed by atoms with E-state index < -0.39 is 10.0 Å². The van der Waals surface area contributed by atoms with Gasteiger partial charge < -0.3 is 15.2 Å². The Hall–Kier alpha value is -0.890. The Kier molecular flexibility index (Phi) is 5.43. The Morgan fingerprint density at radius 2 is 2.24 bits per heavy atom. The minimum absolute atomic E-state index is 0.0807. The van der Waals surface area contributed by atoms with Crippen LogP contribution in [0.5, 0.6) is 0 Å². The first-order chi connectivity index (χ1) is 9.95. The molecule has 7 heteroatoms. The summed E-state index contributed by atoms with van der Waals surface area (Å²) in [5.41, 5.74) is 0.902. The average Bonchev–Trinajstić information content (AvgIpc) is 3.04. The number of nitrogens with zero attached hydrogens (tertiary/aromatic N) is 2. The number of hydrogen-bond acceptors (Lipinski definition) is 4. The summed E-state index contributed by atoms with van der Waals surface area (Å²) >= 11 is 0. The van der Waals surface area contributed by atoms with Crippen LogP contribution in [0.25, 0.3) is 0 Å². The van der Waals surface area contributed by atoms with E-state index in [2.05, 4.69) is 10.3 Å². The molecular weight excluding hydrogens is 288 g/mol. The first-order valence-corrected chi connectivity index (χ1v) is 8.93. The predicted molar refractivity (Wildman–Crippen MR) is 83.6 cm³/mol. The van der Waals surface area contributed by atoms with Gasteiger partial charge in [-0.2, -0.15) is 4.31 Å². The number of aromatic nitrogens is 1. The summed E-state index contributed by atoms with van der Waals surface area (Å²) in [6.45, 7) is 4.93. The zero-order valence-corrected chi connectivity index (χ0v) is 13.9. The molecule has 1 unspecified atom stereocenters. The summed E-state index contributed by atoms with van der Waals surface area (Å²) in [5.74, 6) is 0. The van der Waals surface area contributed by atoms with E-state index in [1.807, 2.05) is 25.9 Å². The maximum absolute atomic E-state index is 12.8. The fourth-order valence-electron chi connectivity index (χ4n) is 2.79. The molecule has 1 aromatic rings. The second-order valence-corrected chi connectivity index (χ2v) is 7.71. The van der Waals surface area contributed by atoms with Gasteiger partial charge >= 0.3 is 0 Å². The van der Waals surface area contributed by atoms with E-state index in [4.69, 9.17) is 0 Å². The van der Waals surface area contributed by atoms with Crippen molar-refractivity contribution in [3.8, 4) is 0 Å². The van der Waals surface area contributed by atoms with Gasteiger partial charge in [0.15, 0.2) is 0 Å². The maximum Gasteiger partial charge on any atom is 0.244 e. The Bertz CT molecular complexity index is 553. The van der Waals surface area contributed by atoms with Crippen molar-refractivity contribution < 1.29 is 8.42 Å². The molecule has 2 heterocycles. The molecule has 1 saturated heterocycles. The molecule has 120 valence electrons. The number of likely N-dealkylation sites (N-methyl/N-ethyl adjacent to an activating group) is 1. The van der Waals surface area contributed by atoms with Gasteiger partial charge in [-0.1, -0.05) is 6.92 Å². The monoisotopic (exact) mass is 314 g/mol. The lowest BCUT2D eigenvalue weighted by molar-refractivity contribution is 0.291. The first kappa shape index (κ1) is 16.5. The summed E-state index contributed by atoms with van der Waals surface area (Å²) in [5, 5.41) is 3.19. The molecule has 0 aromatic carbocycles. The van der Waals surface area contributed by atoms with Gasteiger partial charge in [0.1, 0.15) is 0 Å². The van der Waals surface area contributed by atoms with Gasteiger partial charge in [0.2, 0.25) is 10.0 Å². The number of nitrogens with one attached hydrogen (secondary N) is 2. The van der Waals surface area contributed by atoms with E-state index in [1.54, 1.807) is 16.6 Å². The van der Waals surface area contributed by atoms with Crippen LogP contribution in [0.3, 0.4) is 0 Å². The van der Waals surface area contributed by atoms with Crippen LogP contribution in [0.1, 0.15) is 25.5 Å². The smallest absolute Gasteiger partial charge is 0.244 e. The Morgan fingerprint density at radius 1 is 1.48 bits per heavy atom. The van der Waals surface area contributed by atoms with Crippen LogP contribution in [0.4, 0.5) is 0 Å². The van der Waals surface area contributed by atoms with Crippen molar-refractivity contribution in [2.45, 2.75) is 37.2 Å². The molecule has 0 spiro atoms. The highest BCUT2D eigenvalue weighted by Gasteiger charge is 2.35. The fraction of sp³-hybridized carbons (Fsp3) is 0.714. The van der Waals surface area contributed by atoms with E-state index in [0.717, 1.165) is 31.6 Å². The van der Waals surface area contributed by atoms with Crippen LogP contribution >= 0.6 is 0 Å². The van der Waals surface area contributed by atoms with Crippen molar-refractivity contribution in [3.05, 3.63) is 18.0 Å². The topological polar surface area (TPSA) is 68.4 Å². The maximum atomic E-state index is 12.8.